The number of benzene rings is 1. The molecule has 1 amide bonds. The number of amides is 1. The Morgan fingerprint density at radius 2 is 1.86 bits per heavy atom. The molecule has 2 fully saturated rings. The molecule has 3 N–H and O–H groups in total. The quantitative estimate of drug-likeness (QED) is 0.363. The highest BCUT2D eigenvalue weighted by Crippen LogP contribution is 2.37. The number of ether oxygens (including phenoxy) is 1. The molecule has 28 heavy (non-hydrogen) atoms. The van der Waals surface area contributed by atoms with Crippen LogP contribution >= 0.6 is 0 Å². The molecule has 0 aromatic heterocycles. The van der Waals surface area contributed by atoms with Crippen LogP contribution in [0.5, 0.6) is 0 Å². The van der Waals surface area contributed by atoms with Gasteiger partial charge in [-0.05, 0) is 50.7 Å². The molecule has 1 heterocycles. The maximum Gasteiger partial charge on any atom is 0.223 e. The van der Waals surface area contributed by atoms with Gasteiger partial charge >= 0.3 is 0 Å². The van der Waals surface area contributed by atoms with Crippen LogP contribution in [0.3, 0.4) is 0 Å². The number of carbonyl (C=O) groups excluding carboxylic acids is 1. The van der Waals surface area contributed by atoms with E-state index in [1.165, 1.54) is 11.1 Å². The fourth-order valence-electron chi connectivity index (χ4n) is 3.87. The zero-order valence-corrected chi connectivity index (χ0v) is 17.2. The molecular weight excluding hydrogens is 352 g/mol. The Morgan fingerprint density at radius 1 is 1.14 bits per heavy atom. The Hall–Kier alpha value is -2.08. The van der Waals surface area contributed by atoms with Crippen LogP contribution < -0.4 is 16.0 Å². The zero-order valence-electron chi connectivity index (χ0n) is 17.2. The van der Waals surface area contributed by atoms with Crippen LogP contribution in [-0.4, -0.2) is 51.3 Å². The van der Waals surface area contributed by atoms with Crippen molar-refractivity contribution in [3.05, 3.63) is 35.4 Å². The van der Waals surface area contributed by atoms with Gasteiger partial charge in [0.2, 0.25) is 5.91 Å². The van der Waals surface area contributed by atoms with Crippen molar-refractivity contribution < 1.29 is 9.53 Å². The number of hydrogen-bond acceptors (Lipinski definition) is 3. The third-order valence-corrected chi connectivity index (χ3v) is 5.72. The highest BCUT2D eigenvalue weighted by Gasteiger charge is 2.35. The number of aliphatic imine (C=N–C) groups is 1. The SMILES string of the molecule is CCNC(=NCC1(c2ccccc2C)CCOCC1)NCCNC(=O)C1CC1. The van der Waals surface area contributed by atoms with Crippen LogP contribution in [0.2, 0.25) is 0 Å². The predicted molar refractivity (Wildman–Crippen MR) is 113 cm³/mol. The molecule has 6 heteroatoms. The molecule has 6 nitrogen and oxygen atoms in total. The minimum atomic E-state index is 0.0200. The van der Waals surface area contributed by atoms with Gasteiger partial charge in [0.25, 0.3) is 0 Å². The summed E-state index contributed by atoms with van der Waals surface area (Å²) in [6, 6.07) is 8.64. The van der Waals surface area contributed by atoms with Crippen molar-refractivity contribution in [2.75, 3.05) is 39.4 Å². The van der Waals surface area contributed by atoms with Crippen LogP contribution in [-0.2, 0) is 14.9 Å². The summed E-state index contributed by atoms with van der Waals surface area (Å²) in [5.74, 6) is 1.25. The second-order valence-electron chi connectivity index (χ2n) is 7.89. The van der Waals surface area contributed by atoms with Crippen molar-refractivity contribution in [1.29, 1.82) is 0 Å². The molecule has 1 aliphatic heterocycles. The molecular formula is C22H34N4O2. The summed E-state index contributed by atoms with van der Waals surface area (Å²) in [6.07, 6.45) is 4.04. The number of hydrogen-bond donors (Lipinski definition) is 3. The summed E-state index contributed by atoms with van der Waals surface area (Å²) in [7, 11) is 0. The van der Waals surface area contributed by atoms with Gasteiger partial charge in [-0.25, -0.2) is 0 Å². The molecule has 0 atom stereocenters. The van der Waals surface area contributed by atoms with E-state index < -0.39 is 0 Å². The number of guanidine groups is 1. The van der Waals surface area contributed by atoms with Gasteiger partial charge in [-0.2, -0.15) is 0 Å². The second kappa shape index (κ2) is 9.92. The zero-order chi connectivity index (χ0) is 19.8. The van der Waals surface area contributed by atoms with E-state index in [2.05, 4.69) is 54.1 Å². The monoisotopic (exact) mass is 386 g/mol. The minimum Gasteiger partial charge on any atom is -0.381 e. The number of nitrogens with zero attached hydrogens (tertiary/aromatic N) is 1. The first-order valence-electron chi connectivity index (χ1n) is 10.6. The summed E-state index contributed by atoms with van der Waals surface area (Å²) in [6.45, 7) is 8.63. The first kappa shape index (κ1) is 20.6. The average molecular weight is 387 g/mol. The Morgan fingerprint density at radius 3 is 2.54 bits per heavy atom. The van der Waals surface area contributed by atoms with Crippen LogP contribution in [0.4, 0.5) is 0 Å². The van der Waals surface area contributed by atoms with Gasteiger partial charge in [-0.3, -0.25) is 9.79 Å². The van der Waals surface area contributed by atoms with Crippen LogP contribution in [0.25, 0.3) is 0 Å². The number of rotatable bonds is 8. The third kappa shape index (κ3) is 5.47. The minimum absolute atomic E-state index is 0.0200. The van der Waals surface area contributed by atoms with Crippen molar-refractivity contribution in [3.8, 4) is 0 Å². The number of carbonyl (C=O) groups is 1. The molecule has 1 aromatic rings. The van der Waals surface area contributed by atoms with E-state index in [1.54, 1.807) is 0 Å². The fraction of sp³-hybridized carbons (Fsp3) is 0.636. The van der Waals surface area contributed by atoms with E-state index >= 15 is 0 Å². The Labute approximate surface area is 168 Å². The topological polar surface area (TPSA) is 74.8 Å². The molecule has 0 bridgehead atoms. The molecule has 154 valence electrons. The lowest BCUT2D eigenvalue weighted by molar-refractivity contribution is -0.122. The second-order valence-corrected chi connectivity index (χ2v) is 7.89. The number of nitrogens with one attached hydrogen (secondary N) is 3. The van der Waals surface area contributed by atoms with Crippen molar-refractivity contribution in [3.63, 3.8) is 0 Å². The van der Waals surface area contributed by atoms with Gasteiger partial charge in [-0.1, -0.05) is 24.3 Å². The highest BCUT2D eigenvalue weighted by atomic mass is 16.5. The molecule has 1 aromatic carbocycles. The van der Waals surface area contributed by atoms with Crippen molar-refractivity contribution in [2.24, 2.45) is 10.9 Å². The van der Waals surface area contributed by atoms with E-state index in [0.29, 0.717) is 13.1 Å². The molecule has 1 aliphatic carbocycles. The third-order valence-electron chi connectivity index (χ3n) is 5.72. The molecule has 0 unspecified atom stereocenters. The highest BCUT2D eigenvalue weighted by molar-refractivity contribution is 5.81. The molecule has 2 aliphatic rings. The Bertz CT molecular complexity index is 679. The van der Waals surface area contributed by atoms with Crippen molar-refractivity contribution in [1.82, 2.24) is 16.0 Å². The van der Waals surface area contributed by atoms with Gasteiger partial charge in [-0.15, -0.1) is 0 Å². The largest absolute Gasteiger partial charge is 0.381 e. The van der Waals surface area contributed by atoms with E-state index in [4.69, 9.17) is 9.73 Å². The molecule has 1 saturated heterocycles. The molecule has 1 saturated carbocycles. The molecule has 3 rings (SSSR count). The van der Waals surface area contributed by atoms with Crippen LogP contribution in [0, 0.1) is 12.8 Å². The van der Waals surface area contributed by atoms with E-state index in [0.717, 1.165) is 57.9 Å². The van der Waals surface area contributed by atoms with E-state index in [9.17, 15) is 4.79 Å². The van der Waals surface area contributed by atoms with Crippen molar-refractivity contribution in [2.45, 2.75) is 44.9 Å². The van der Waals surface area contributed by atoms with E-state index in [-0.39, 0.29) is 17.2 Å². The molecule has 0 radical (unpaired) electrons. The summed E-state index contributed by atoms with van der Waals surface area (Å²) >= 11 is 0. The Balaban J connectivity index is 1.62. The average Bonchev–Trinajstić information content (AvgIpc) is 3.55. The standard InChI is InChI=1S/C22H34N4O2/c1-3-23-21(25-13-12-24-20(27)18-8-9-18)26-16-22(10-14-28-15-11-22)19-7-5-4-6-17(19)2/h4-7,18H,3,8-16H2,1-2H3,(H,24,27)(H2,23,25,26). The number of aryl methyl sites for hydroxylation is 1. The summed E-state index contributed by atoms with van der Waals surface area (Å²) < 4.78 is 5.65. The van der Waals surface area contributed by atoms with Gasteiger partial charge in [0.15, 0.2) is 5.96 Å². The predicted octanol–water partition coefficient (Wildman–Crippen LogP) is 2.12. The van der Waals surface area contributed by atoms with Gasteiger partial charge in [0.1, 0.15) is 0 Å². The lowest BCUT2D eigenvalue weighted by Gasteiger charge is -2.37. The maximum atomic E-state index is 11.7. The lowest BCUT2D eigenvalue weighted by Crippen LogP contribution is -2.43. The fourth-order valence-corrected chi connectivity index (χ4v) is 3.87. The van der Waals surface area contributed by atoms with E-state index in [1.807, 2.05) is 0 Å². The smallest absolute Gasteiger partial charge is 0.223 e. The summed E-state index contributed by atoms with van der Waals surface area (Å²) in [5.41, 5.74) is 2.72. The van der Waals surface area contributed by atoms with Crippen LogP contribution in [0.15, 0.2) is 29.3 Å². The maximum absolute atomic E-state index is 11.7. The molecule has 0 spiro atoms. The first-order valence-corrected chi connectivity index (χ1v) is 10.6. The first-order chi connectivity index (χ1) is 13.6. The van der Waals surface area contributed by atoms with Crippen molar-refractivity contribution >= 4 is 11.9 Å². The Kier molecular flexibility index (Phi) is 7.31. The lowest BCUT2D eigenvalue weighted by atomic mass is 9.72. The van der Waals surface area contributed by atoms with Gasteiger partial charge < -0.3 is 20.7 Å². The van der Waals surface area contributed by atoms with Gasteiger partial charge in [0.05, 0.1) is 6.54 Å². The normalized spacial score (nSPS) is 19.1. The summed E-state index contributed by atoms with van der Waals surface area (Å²) in [5, 5.41) is 9.66. The summed E-state index contributed by atoms with van der Waals surface area (Å²) in [4.78, 5) is 16.7. The van der Waals surface area contributed by atoms with Gasteiger partial charge in [0, 0.05) is 44.2 Å². The van der Waals surface area contributed by atoms with Crippen LogP contribution in [0.1, 0.15) is 43.7 Å².